The van der Waals surface area contributed by atoms with Crippen LogP contribution >= 0.6 is 0 Å². The number of nitrogens with zero attached hydrogens (tertiary/aromatic N) is 2. The summed E-state index contributed by atoms with van der Waals surface area (Å²) in [4.78, 5) is 0. The van der Waals surface area contributed by atoms with Crippen LogP contribution in [0.25, 0.3) is 0 Å². The lowest BCUT2D eigenvalue weighted by Crippen LogP contribution is -2.65. The summed E-state index contributed by atoms with van der Waals surface area (Å²) in [5.74, 6) is 3.05. The van der Waals surface area contributed by atoms with Gasteiger partial charge in [0.2, 0.25) is 0 Å². The van der Waals surface area contributed by atoms with Gasteiger partial charge in [-0.1, -0.05) is 26.0 Å². The topological polar surface area (TPSA) is 24.7 Å². The average Bonchev–Trinajstić information content (AvgIpc) is 2.82. The van der Waals surface area contributed by atoms with Gasteiger partial charge in [0.05, 0.1) is 11.1 Å². The molecule has 0 aromatic carbocycles. The summed E-state index contributed by atoms with van der Waals surface area (Å²) >= 11 is 0. The van der Waals surface area contributed by atoms with Crippen LogP contribution in [0, 0.1) is 29.1 Å². The Hall–Kier alpha value is -0.660. The van der Waals surface area contributed by atoms with Gasteiger partial charge in [-0.05, 0) is 55.8 Å². The molecule has 2 fully saturated rings. The van der Waals surface area contributed by atoms with E-state index in [-0.39, 0.29) is 11.1 Å². The molecule has 0 saturated heterocycles. The predicted molar refractivity (Wildman–Crippen MR) is 67.8 cm³/mol. The van der Waals surface area contributed by atoms with E-state index in [1.54, 1.807) is 0 Å². The Morgan fingerprint density at radius 1 is 0.941 bits per heavy atom. The van der Waals surface area contributed by atoms with Crippen molar-refractivity contribution in [2.24, 2.45) is 39.3 Å². The minimum Gasteiger partial charge on any atom is -0.187 e. The zero-order valence-corrected chi connectivity index (χ0v) is 11.3. The van der Waals surface area contributed by atoms with Gasteiger partial charge in [-0.15, -0.1) is 0 Å². The summed E-state index contributed by atoms with van der Waals surface area (Å²) in [5.41, 5.74) is 0.471. The second kappa shape index (κ2) is 2.53. The molecule has 0 amide bonds. The fourth-order valence-electron chi connectivity index (χ4n) is 5.60. The van der Waals surface area contributed by atoms with E-state index < -0.39 is 0 Å². The lowest BCUT2D eigenvalue weighted by atomic mass is 9.47. The largest absolute Gasteiger partial charge is 0.187 e. The lowest BCUT2D eigenvalue weighted by Gasteiger charge is -2.62. The highest BCUT2D eigenvalue weighted by Crippen LogP contribution is 2.69. The van der Waals surface area contributed by atoms with E-state index in [2.05, 4.69) is 39.8 Å². The van der Waals surface area contributed by atoms with Crippen LogP contribution in [0.1, 0.15) is 40.5 Å². The molecule has 0 N–H and O–H groups in total. The van der Waals surface area contributed by atoms with Crippen molar-refractivity contribution < 1.29 is 0 Å². The van der Waals surface area contributed by atoms with Gasteiger partial charge in [0.1, 0.15) is 0 Å². The summed E-state index contributed by atoms with van der Waals surface area (Å²) in [5, 5.41) is 9.56. The Morgan fingerprint density at radius 2 is 1.59 bits per heavy atom. The third-order valence-electron chi connectivity index (χ3n) is 6.48. The maximum absolute atomic E-state index is 4.81. The maximum atomic E-state index is 4.81. The Kier molecular flexibility index (Phi) is 1.53. The second-order valence-corrected chi connectivity index (χ2v) is 7.77. The minimum atomic E-state index is 0.0691. The molecular formula is C15H22N2. The van der Waals surface area contributed by atoms with Crippen molar-refractivity contribution in [1.29, 1.82) is 0 Å². The number of hydrogen-bond donors (Lipinski definition) is 0. The van der Waals surface area contributed by atoms with Gasteiger partial charge in [0.15, 0.2) is 0 Å². The van der Waals surface area contributed by atoms with Crippen LogP contribution < -0.4 is 0 Å². The van der Waals surface area contributed by atoms with Gasteiger partial charge < -0.3 is 0 Å². The number of hydrogen-bond acceptors (Lipinski definition) is 2. The predicted octanol–water partition coefficient (Wildman–Crippen LogP) is 3.84. The maximum Gasteiger partial charge on any atom is 0.0877 e. The lowest BCUT2D eigenvalue weighted by molar-refractivity contribution is -0.0778. The van der Waals surface area contributed by atoms with Crippen LogP contribution in [-0.4, -0.2) is 11.1 Å². The van der Waals surface area contributed by atoms with Crippen molar-refractivity contribution >= 4 is 0 Å². The van der Waals surface area contributed by atoms with Gasteiger partial charge >= 0.3 is 0 Å². The van der Waals surface area contributed by atoms with Crippen molar-refractivity contribution in [3.8, 4) is 0 Å². The third-order valence-corrected chi connectivity index (χ3v) is 6.48. The summed E-state index contributed by atoms with van der Waals surface area (Å²) in [6, 6.07) is 0. The SMILES string of the molecule is CC12CC(C)(C)C(C)(N=N1)[C@@H]1[C@H]2[C@@H]2C=C[C@H]1C2. The smallest absolute Gasteiger partial charge is 0.0877 e. The molecule has 0 aromatic rings. The van der Waals surface area contributed by atoms with E-state index >= 15 is 0 Å². The zero-order chi connectivity index (χ0) is 12.1. The van der Waals surface area contributed by atoms with E-state index in [1.165, 1.54) is 12.8 Å². The van der Waals surface area contributed by atoms with Crippen LogP contribution in [-0.2, 0) is 0 Å². The van der Waals surface area contributed by atoms with Gasteiger partial charge in [0.25, 0.3) is 0 Å². The molecule has 4 bridgehead atoms. The Morgan fingerprint density at radius 3 is 2.24 bits per heavy atom. The highest BCUT2D eigenvalue weighted by atomic mass is 15.3. The Labute approximate surface area is 104 Å². The molecule has 0 spiro atoms. The van der Waals surface area contributed by atoms with E-state index in [0.29, 0.717) is 5.41 Å². The van der Waals surface area contributed by atoms with Crippen molar-refractivity contribution in [3.63, 3.8) is 0 Å². The van der Waals surface area contributed by atoms with E-state index in [1.807, 2.05) is 0 Å². The fraction of sp³-hybridized carbons (Fsp3) is 0.867. The monoisotopic (exact) mass is 230 g/mol. The van der Waals surface area contributed by atoms with Crippen molar-refractivity contribution in [3.05, 3.63) is 12.2 Å². The molecule has 2 aliphatic heterocycles. The molecular weight excluding hydrogens is 208 g/mol. The van der Waals surface area contributed by atoms with Gasteiger partial charge in [-0.2, -0.15) is 10.2 Å². The summed E-state index contributed by atoms with van der Waals surface area (Å²) < 4.78 is 0. The molecule has 5 aliphatic rings. The standard InChI is InChI=1S/C15H22N2/c1-13(2)8-14(3)11-9-5-6-10(7-9)12(11)15(13,4)17-16-14/h5-6,9-12H,7-8H2,1-4H3/t9-,10+,11-,12+,14?,15?/m1/s1. The molecule has 2 unspecified atom stereocenters. The van der Waals surface area contributed by atoms with Crippen LogP contribution in [0.15, 0.2) is 22.4 Å². The first-order chi connectivity index (χ1) is 7.87. The van der Waals surface area contributed by atoms with Crippen molar-refractivity contribution in [1.82, 2.24) is 0 Å². The molecule has 2 heteroatoms. The third kappa shape index (κ3) is 0.924. The van der Waals surface area contributed by atoms with Gasteiger partial charge in [0, 0.05) is 0 Å². The van der Waals surface area contributed by atoms with E-state index in [0.717, 1.165) is 23.7 Å². The minimum absolute atomic E-state index is 0.0691. The average molecular weight is 230 g/mol. The number of rotatable bonds is 0. The molecule has 0 radical (unpaired) electrons. The second-order valence-electron chi connectivity index (χ2n) is 7.77. The van der Waals surface area contributed by atoms with Gasteiger partial charge in [-0.3, -0.25) is 0 Å². The van der Waals surface area contributed by atoms with Crippen LogP contribution in [0.3, 0.4) is 0 Å². The molecule has 6 atom stereocenters. The highest BCUT2D eigenvalue weighted by Gasteiger charge is 2.69. The van der Waals surface area contributed by atoms with E-state index in [9.17, 15) is 0 Å². The molecule has 2 heterocycles. The molecule has 0 aromatic heterocycles. The van der Waals surface area contributed by atoms with Gasteiger partial charge in [-0.25, -0.2) is 0 Å². The molecule has 92 valence electrons. The first-order valence-corrected chi connectivity index (χ1v) is 7.00. The normalized spacial score (nSPS) is 60.9. The Balaban J connectivity index is 1.94. The van der Waals surface area contributed by atoms with Crippen LogP contribution in [0.4, 0.5) is 0 Å². The number of allylic oxidation sites excluding steroid dienone is 2. The first kappa shape index (κ1) is 10.3. The van der Waals surface area contributed by atoms with E-state index in [4.69, 9.17) is 10.2 Å². The molecule has 2 saturated carbocycles. The van der Waals surface area contributed by atoms with Crippen molar-refractivity contribution in [2.75, 3.05) is 0 Å². The van der Waals surface area contributed by atoms with Crippen LogP contribution in [0.2, 0.25) is 0 Å². The molecule has 2 nitrogen and oxygen atoms in total. The quantitative estimate of drug-likeness (QED) is 0.565. The summed E-state index contributed by atoms with van der Waals surface area (Å²) in [6.07, 6.45) is 7.50. The first-order valence-electron chi connectivity index (χ1n) is 7.00. The summed E-state index contributed by atoms with van der Waals surface area (Å²) in [7, 11) is 0. The highest BCUT2D eigenvalue weighted by molar-refractivity contribution is 5.29. The number of azo groups is 1. The van der Waals surface area contributed by atoms with Crippen molar-refractivity contribution in [2.45, 2.75) is 51.6 Å². The molecule has 17 heavy (non-hydrogen) atoms. The summed E-state index contributed by atoms with van der Waals surface area (Å²) in [6.45, 7) is 9.51. The zero-order valence-electron chi connectivity index (χ0n) is 11.3. The fourth-order valence-corrected chi connectivity index (χ4v) is 5.60. The van der Waals surface area contributed by atoms with Crippen LogP contribution in [0.5, 0.6) is 0 Å². The molecule has 5 rings (SSSR count). The Bertz CT molecular complexity index is 450. The number of fused-ring (bicyclic) bond motifs is 3. The molecule has 3 aliphatic carbocycles.